The van der Waals surface area contributed by atoms with Gasteiger partial charge in [-0.3, -0.25) is 4.79 Å². The molecule has 0 aliphatic heterocycles. The Kier molecular flexibility index (Phi) is 6.24. The molecule has 22 heavy (non-hydrogen) atoms. The normalized spacial score (nSPS) is 12.1. The number of carbonyl (C=O) groups excluding carboxylic acids is 1. The summed E-state index contributed by atoms with van der Waals surface area (Å²) in [7, 11) is 0. The molecular formula is C16H18ClNO3S. The predicted molar refractivity (Wildman–Crippen MR) is 88.5 cm³/mol. The molecule has 1 atom stereocenters. The summed E-state index contributed by atoms with van der Waals surface area (Å²) in [5, 5.41) is 21.5. The first-order chi connectivity index (χ1) is 10.6. The highest BCUT2D eigenvalue weighted by atomic mass is 35.5. The summed E-state index contributed by atoms with van der Waals surface area (Å²) in [6, 6.07) is 10.1. The van der Waals surface area contributed by atoms with Crippen LogP contribution in [0.1, 0.15) is 16.9 Å². The van der Waals surface area contributed by atoms with Gasteiger partial charge in [-0.2, -0.15) is 0 Å². The SMILES string of the molecule is O=C(CCc1ccc(Cl)s1)N[C@H](CO)Cc1ccc(O)cc1. The first-order valence-corrected chi connectivity index (χ1v) is 8.18. The quantitative estimate of drug-likeness (QED) is 0.726. The molecule has 0 aliphatic carbocycles. The maximum absolute atomic E-state index is 11.9. The van der Waals surface area contributed by atoms with Gasteiger partial charge in [0.25, 0.3) is 0 Å². The van der Waals surface area contributed by atoms with E-state index in [1.54, 1.807) is 24.3 Å². The Morgan fingerprint density at radius 2 is 1.95 bits per heavy atom. The Hall–Kier alpha value is -1.56. The van der Waals surface area contributed by atoms with Crippen molar-refractivity contribution in [2.45, 2.75) is 25.3 Å². The highest BCUT2D eigenvalue weighted by molar-refractivity contribution is 7.16. The lowest BCUT2D eigenvalue weighted by Crippen LogP contribution is -2.39. The summed E-state index contributed by atoms with van der Waals surface area (Å²) < 4.78 is 0.718. The molecule has 2 rings (SSSR count). The first-order valence-electron chi connectivity index (χ1n) is 6.99. The number of aryl methyl sites for hydroxylation is 1. The summed E-state index contributed by atoms with van der Waals surface area (Å²) in [5.74, 6) is 0.102. The number of thiophene rings is 1. The molecule has 1 aromatic heterocycles. The second-order valence-corrected chi connectivity index (χ2v) is 6.82. The van der Waals surface area contributed by atoms with Gasteiger partial charge < -0.3 is 15.5 Å². The zero-order valence-corrected chi connectivity index (χ0v) is 13.5. The van der Waals surface area contributed by atoms with Crippen molar-refractivity contribution in [2.75, 3.05) is 6.61 Å². The molecule has 0 spiro atoms. The number of carbonyl (C=O) groups is 1. The van der Waals surface area contributed by atoms with Crippen LogP contribution in [0.2, 0.25) is 4.34 Å². The third-order valence-electron chi connectivity index (χ3n) is 3.23. The number of halogens is 1. The maximum Gasteiger partial charge on any atom is 0.220 e. The molecular weight excluding hydrogens is 322 g/mol. The number of aliphatic hydroxyl groups is 1. The Bertz CT molecular complexity index is 612. The van der Waals surface area contributed by atoms with Crippen molar-refractivity contribution in [3.8, 4) is 5.75 Å². The van der Waals surface area contributed by atoms with E-state index in [9.17, 15) is 15.0 Å². The molecule has 2 aromatic rings. The summed E-state index contributed by atoms with van der Waals surface area (Å²) >= 11 is 7.32. The van der Waals surface area contributed by atoms with Gasteiger partial charge in [0, 0.05) is 11.3 Å². The Morgan fingerprint density at radius 1 is 1.23 bits per heavy atom. The Balaban J connectivity index is 1.81. The molecule has 1 amide bonds. The average molecular weight is 340 g/mol. The second kappa shape index (κ2) is 8.17. The topological polar surface area (TPSA) is 69.6 Å². The molecule has 0 unspecified atom stereocenters. The summed E-state index contributed by atoms with van der Waals surface area (Å²) in [6.45, 7) is -0.128. The van der Waals surface area contributed by atoms with E-state index in [2.05, 4.69) is 5.32 Å². The number of aromatic hydroxyl groups is 1. The van der Waals surface area contributed by atoms with Crippen molar-refractivity contribution in [3.63, 3.8) is 0 Å². The molecule has 3 N–H and O–H groups in total. The molecule has 6 heteroatoms. The van der Waals surface area contributed by atoms with E-state index < -0.39 is 0 Å². The van der Waals surface area contributed by atoms with Crippen LogP contribution in [0.3, 0.4) is 0 Å². The van der Waals surface area contributed by atoms with Gasteiger partial charge in [0.15, 0.2) is 0 Å². The average Bonchev–Trinajstić information content (AvgIpc) is 2.92. The molecule has 1 heterocycles. The minimum atomic E-state index is -0.330. The lowest BCUT2D eigenvalue weighted by molar-refractivity contribution is -0.122. The van der Waals surface area contributed by atoms with E-state index in [-0.39, 0.29) is 24.3 Å². The van der Waals surface area contributed by atoms with Crippen LogP contribution in [0.5, 0.6) is 5.75 Å². The fraction of sp³-hybridized carbons (Fsp3) is 0.312. The summed E-state index contributed by atoms with van der Waals surface area (Å²) in [5.41, 5.74) is 0.946. The van der Waals surface area contributed by atoms with E-state index in [4.69, 9.17) is 11.6 Å². The molecule has 4 nitrogen and oxygen atoms in total. The van der Waals surface area contributed by atoms with Crippen molar-refractivity contribution in [3.05, 3.63) is 51.2 Å². The van der Waals surface area contributed by atoms with Crippen LogP contribution in [0.15, 0.2) is 36.4 Å². The molecule has 1 aromatic carbocycles. The van der Waals surface area contributed by atoms with Gasteiger partial charge in [-0.25, -0.2) is 0 Å². The molecule has 0 saturated carbocycles. The van der Waals surface area contributed by atoms with Gasteiger partial charge in [0.2, 0.25) is 5.91 Å². The van der Waals surface area contributed by atoms with Crippen LogP contribution in [0, 0.1) is 0 Å². The Morgan fingerprint density at radius 3 is 2.55 bits per heavy atom. The lowest BCUT2D eigenvalue weighted by atomic mass is 10.1. The molecule has 0 fully saturated rings. The van der Waals surface area contributed by atoms with Crippen molar-refractivity contribution < 1.29 is 15.0 Å². The summed E-state index contributed by atoms with van der Waals surface area (Å²) in [6.07, 6.45) is 1.52. The molecule has 0 bridgehead atoms. The van der Waals surface area contributed by atoms with E-state index >= 15 is 0 Å². The smallest absolute Gasteiger partial charge is 0.220 e. The number of benzene rings is 1. The van der Waals surface area contributed by atoms with Gasteiger partial charge in [-0.15, -0.1) is 11.3 Å². The number of rotatable bonds is 7. The highest BCUT2D eigenvalue weighted by Gasteiger charge is 2.12. The third-order valence-corrected chi connectivity index (χ3v) is 4.52. The number of hydrogen-bond acceptors (Lipinski definition) is 4. The van der Waals surface area contributed by atoms with Crippen molar-refractivity contribution in [1.29, 1.82) is 0 Å². The van der Waals surface area contributed by atoms with Crippen LogP contribution in [0.25, 0.3) is 0 Å². The van der Waals surface area contributed by atoms with Crippen molar-refractivity contribution >= 4 is 28.8 Å². The van der Waals surface area contributed by atoms with Gasteiger partial charge in [-0.05, 0) is 42.7 Å². The van der Waals surface area contributed by atoms with Crippen LogP contribution in [0.4, 0.5) is 0 Å². The zero-order chi connectivity index (χ0) is 15.9. The number of nitrogens with one attached hydrogen (secondary N) is 1. The number of phenols is 1. The predicted octanol–water partition coefficient (Wildman–Crippen LogP) is 2.76. The highest BCUT2D eigenvalue weighted by Crippen LogP contribution is 2.22. The van der Waals surface area contributed by atoms with Crippen LogP contribution in [-0.2, 0) is 17.6 Å². The van der Waals surface area contributed by atoms with E-state index in [0.29, 0.717) is 19.3 Å². The zero-order valence-electron chi connectivity index (χ0n) is 12.0. The van der Waals surface area contributed by atoms with Gasteiger partial charge in [0.1, 0.15) is 5.75 Å². The Labute approximate surface area is 138 Å². The van der Waals surface area contributed by atoms with Crippen LogP contribution < -0.4 is 5.32 Å². The lowest BCUT2D eigenvalue weighted by Gasteiger charge is -2.16. The number of aliphatic hydroxyl groups excluding tert-OH is 1. The maximum atomic E-state index is 11.9. The fourth-order valence-corrected chi connectivity index (χ4v) is 3.19. The van der Waals surface area contributed by atoms with E-state index in [1.165, 1.54) is 11.3 Å². The molecule has 0 aliphatic rings. The number of hydrogen-bond donors (Lipinski definition) is 3. The minimum absolute atomic E-state index is 0.0950. The van der Waals surface area contributed by atoms with E-state index in [0.717, 1.165) is 14.8 Å². The van der Waals surface area contributed by atoms with Crippen LogP contribution in [-0.4, -0.2) is 28.8 Å². The number of phenolic OH excluding ortho intramolecular Hbond substituents is 1. The summed E-state index contributed by atoms with van der Waals surface area (Å²) in [4.78, 5) is 13.0. The van der Waals surface area contributed by atoms with Crippen molar-refractivity contribution in [2.24, 2.45) is 0 Å². The fourth-order valence-electron chi connectivity index (χ4n) is 2.10. The molecule has 0 radical (unpaired) electrons. The van der Waals surface area contributed by atoms with Gasteiger partial charge >= 0.3 is 0 Å². The van der Waals surface area contributed by atoms with Gasteiger partial charge in [0.05, 0.1) is 17.0 Å². The van der Waals surface area contributed by atoms with E-state index in [1.807, 2.05) is 12.1 Å². The second-order valence-electron chi connectivity index (χ2n) is 5.02. The third kappa shape index (κ3) is 5.33. The monoisotopic (exact) mass is 339 g/mol. The first kappa shape index (κ1) is 16.8. The number of amides is 1. The van der Waals surface area contributed by atoms with Crippen LogP contribution >= 0.6 is 22.9 Å². The van der Waals surface area contributed by atoms with Crippen molar-refractivity contribution in [1.82, 2.24) is 5.32 Å². The molecule has 118 valence electrons. The largest absolute Gasteiger partial charge is 0.508 e. The standard InChI is InChI=1S/C16H18ClNO3S/c17-15-7-5-14(22-15)6-8-16(21)18-12(10-19)9-11-1-3-13(20)4-2-11/h1-5,7,12,19-20H,6,8-10H2,(H,18,21)/t12-/m0/s1. The molecule has 0 saturated heterocycles. The van der Waals surface area contributed by atoms with Gasteiger partial charge in [-0.1, -0.05) is 23.7 Å². The minimum Gasteiger partial charge on any atom is -0.508 e.